The Labute approximate surface area is 218 Å². The number of allylic oxidation sites excluding steroid dienone is 2. The van der Waals surface area contributed by atoms with Crippen LogP contribution in [0, 0.1) is 50.7 Å². The van der Waals surface area contributed by atoms with Gasteiger partial charge in [-0.1, -0.05) is 53.7 Å². The lowest BCUT2D eigenvalue weighted by atomic mass is 9.37. The Kier molecular flexibility index (Phi) is 5.85. The van der Waals surface area contributed by atoms with Crippen LogP contribution in [-0.4, -0.2) is 32.1 Å². The molecule has 0 amide bonds. The summed E-state index contributed by atoms with van der Waals surface area (Å²) < 4.78 is 11.4. The van der Waals surface area contributed by atoms with Gasteiger partial charge >= 0.3 is 5.97 Å². The minimum atomic E-state index is -0.520. The van der Waals surface area contributed by atoms with Gasteiger partial charge in [0.2, 0.25) is 0 Å². The molecule has 5 aliphatic rings. The zero-order chi connectivity index (χ0) is 26.5. The summed E-state index contributed by atoms with van der Waals surface area (Å²) in [7, 11) is 3.32. The maximum Gasteiger partial charge on any atom is 0.312 e. The predicted molar refractivity (Wildman–Crippen MR) is 142 cm³/mol. The Hall–Kier alpha value is -1.42. The second-order valence-electron chi connectivity index (χ2n) is 14.9. The first kappa shape index (κ1) is 26.2. The number of ether oxygens (including phenoxy) is 2. The minimum Gasteiger partial charge on any atom is -0.469 e. The van der Waals surface area contributed by atoms with Crippen molar-refractivity contribution in [1.82, 2.24) is 0 Å². The SMILES string of the molecule is C=C1[C@@H](OC)CC(C)(C)[C@@H]2CC[C@@H]3C(=CC(=O)[C@@H]4[C@@H]5CC(C)(C)CC[C@]5(C(=O)OC)CC[C@@]34C)[C@@]12C. The fourth-order valence-electron chi connectivity index (χ4n) is 10.4. The Morgan fingerprint density at radius 2 is 1.64 bits per heavy atom. The molecule has 4 nitrogen and oxygen atoms in total. The lowest BCUT2D eigenvalue weighted by Gasteiger charge is -2.66. The van der Waals surface area contributed by atoms with Crippen molar-refractivity contribution in [1.29, 1.82) is 0 Å². The largest absolute Gasteiger partial charge is 0.469 e. The fourth-order valence-corrected chi connectivity index (χ4v) is 10.4. The summed E-state index contributed by atoms with van der Waals surface area (Å²) in [6.07, 6.45) is 9.78. The number of ketones is 1. The van der Waals surface area contributed by atoms with Crippen LogP contribution in [0.5, 0.6) is 0 Å². The molecule has 200 valence electrons. The first-order valence-electron chi connectivity index (χ1n) is 14.2. The van der Waals surface area contributed by atoms with Crippen LogP contribution in [0.25, 0.3) is 0 Å². The molecule has 0 radical (unpaired) electrons. The van der Waals surface area contributed by atoms with Gasteiger partial charge < -0.3 is 9.47 Å². The summed E-state index contributed by atoms with van der Waals surface area (Å²) in [6.45, 7) is 18.7. The average molecular weight is 497 g/mol. The number of esters is 1. The van der Waals surface area contributed by atoms with E-state index >= 15 is 0 Å². The summed E-state index contributed by atoms with van der Waals surface area (Å²) in [4.78, 5) is 27.7. The van der Waals surface area contributed by atoms with E-state index in [0.717, 1.165) is 56.9 Å². The van der Waals surface area contributed by atoms with E-state index in [1.807, 2.05) is 6.08 Å². The number of carbonyl (C=O) groups excluding carboxylic acids is 2. The lowest BCUT2D eigenvalue weighted by Crippen LogP contribution is -2.63. The molecule has 0 N–H and O–H groups in total. The van der Waals surface area contributed by atoms with Crippen molar-refractivity contribution in [3.05, 3.63) is 23.8 Å². The van der Waals surface area contributed by atoms with Gasteiger partial charge in [0.1, 0.15) is 0 Å². The third-order valence-electron chi connectivity index (χ3n) is 12.4. The zero-order valence-electron chi connectivity index (χ0n) is 24.0. The van der Waals surface area contributed by atoms with Gasteiger partial charge in [-0.2, -0.15) is 0 Å². The number of methoxy groups -OCH3 is 2. The Morgan fingerprint density at radius 1 is 0.972 bits per heavy atom. The maximum absolute atomic E-state index is 14.4. The molecule has 0 aromatic carbocycles. The van der Waals surface area contributed by atoms with Crippen LogP contribution in [0.3, 0.4) is 0 Å². The predicted octanol–water partition coefficient (Wildman–Crippen LogP) is 6.93. The van der Waals surface area contributed by atoms with E-state index in [2.05, 4.69) is 48.1 Å². The van der Waals surface area contributed by atoms with E-state index in [1.54, 1.807) is 7.11 Å². The van der Waals surface area contributed by atoms with Crippen LogP contribution in [-0.2, 0) is 19.1 Å². The molecule has 0 aliphatic heterocycles. The molecular weight excluding hydrogens is 448 g/mol. The first-order valence-corrected chi connectivity index (χ1v) is 14.2. The number of carbonyl (C=O) groups is 2. The molecule has 5 aliphatic carbocycles. The smallest absolute Gasteiger partial charge is 0.312 e. The first-order chi connectivity index (χ1) is 16.7. The molecule has 4 saturated carbocycles. The van der Waals surface area contributed by atoms with E-state index in [9.17, 15) is 9.59 Å². The summed E-state index contributed by atoms with van der Waals surface area (Å²) in [5, 5.41) is 0. The Balaban J connectivity index is 1.64. The van der Waals surface area contributed by atoms with Crippen LogP contribution in [0.4, 0.5) is 0 Å². The molecule has 8 atom stereocenters. The van der Waals surface area contributed by atoms with Gasteiger partial charge in [-0.25, -0.2) is 0 Å². The third-order valence-corrected chi connectivity index (χ3v) is 12.4. The van der Waals surface area contributed by atoms with E-state index in [-0.39, 0.29) is 51.4 Å². The number of fused-ring (bicyclic) bond motifs is 7. The minimum absolute atomic E-state index is 0.0130. The molecular formula is C32H48O4. The second kappa shape index (κ2) is 8.04. The van der Waals surface area contributed by atoms with Gasteiger partial charge in [0.15, 0.2) is 5.78 Å². The van der Waals surface area contributed by atoms with Crippen molar-refractivity contribution in [2.24, 2.45) is 50.7 Å². The third kappa shape index (κ3) is 3.28. The van der Waals surface area contributed by atoms with E-state index in [0.29, 0.717) is 11.8 Å². The van der Waals surface area contributed by atoms with Crippen molar-refractivity contribution >= 4 is 11.8 Å². The molecule has 4 fully saturated rings. The van der Waals surface area contributed by atoms with Crippen molar-refractivity contribution in [3.63, 3.8) is 0 Å². The van der Waals surface area contributed by atoms with Crippen molar-refractivity contribution < 1.29 is 19.1 Å². The highest BCUT2D eigenvalue weighted by molar-refractivity contribution is 5.96. The van der Waals surface area contributed by atoms with Gasteiger partial charge in [0.25, 0.3) is 0 Å². The lowest BCUT2D eigenvalue weighted by molar-refractivity contribution is -0.184. The number of rotatable bonds is 2. The summed E-state index contributed by atoms with van der Waals surface area (Å²) in [5.41, 5.74) is 1.80. The van der Waals surface area contributed by atoms with Gasteiger partial charge in [-0.15, -0.1) is 0 Å². The molecule has 0 saturated heterocycles. The van der Waals surface area contributed by atoms with Crippen LogP contribution in [0.1, 0.15) is 92.9 Å². The highest BCUT2D eigenvalue weighted by Crippen LogP contribution is 2.71. The zero-order valence-corrected chi connectivity index (χ0v) is 24.0. The quantitative estimate of drug-likeness (QED) is 0.307. The summed E-state index contributed by atoms with van der Waals surface area (Å²) >= 11 is 0. The van der Waals surface area contributed by atoms with Gasteiger partial charge in [0.05, 0.1) is 18.6 Å². The molecule has 36 heavy (non-hydrogen) atoms. The monoisotopic (exact) mass is 496 g/mol. The van der Waals surface area contributed by atoms with Gasteiger partial charge in [-0.05, 0) is 97.0 Å². The van der Waals surface area contributed by atoms with Crippen molar-refractivity contribution in [2.75, 3.05) is 14.2 Å². The maximum atomic E-state index is 14.4. The molecule has 0 heterocycles. The molecule has 0 aromatic heterocycles. The van der Waals surface area contributed by atoms with Crippen LogP contribution in [0.15, 0.2) is 23.8 Å². The molecule has 0 unspecified atom stereocenters. The molecule has 5 rings (SSSR count). The Morgan fingerprint density at radius 3 is 2.28 bits per heavy atom. The molecule has 0 bridgehead atoms. The van der Waals surface area contributed by atoms with Crippen molar-refractivity contribution in [3.8, 4) is 0 Å². The number of hydrogen-bond acceptors (Lipinski definition) is 4. The standard InChI is InChI=1S/C32H48O4/c1-19-24(35-8)18-29(4,5)25-11-10-20-21(31(19,25)7)16-23(33)26-22-17-28(2,3)12-14-32(22,27(34)36-9)15-13-30(20,26)6/h16,20,22,24-26H,1,10-15,17-18H2,2-9H3/t20-,22+,24+,25+,26+,30+,31-,32+/m1/s1. The van der Waals surface area contributed by atoms with Crippen LogP contribution >= 0.6 is 0 Å². The summed E-state index contributed by atoms with van der Waals surface area (Å²) in [5.74, 6) is 0.860. The van der Waals surface area contributed by atoms with E-state index in [4.69, 9.17) is 9.47 Å². The van der Waals surface area contributed by atoms with Gasteiger partial charge in [-0.3, -0.25) is 9.59 Å². The highest BCUT2D eigenvalue weighted by Gasteiger charge is 2.68. The van der Waals surface area contributed by atoms with Crippen molar-refractivity contribution in [2.45, 2.75) is 99.0 Å². The summed E-state index contributed by atoms with van der Waals surface area (Å²) in [6, 6.07) is 0. The normalized spacial score (nSPS) is 47.0. The topological polar surface area (TPSA) is 52.6 Å². The highest BCUT2D eigenvalue weighted by atomic mass is 16.5. The molecule has 4 heteroatoms. The van der Waals surface area contributed by atoms with Gasteiger partial charge in [0, 0.05) is 18.4 Å². The van der Waals surface area contributed by atoms with Crippen LogP contribution < -0.4 is 0 Å². The van der Waals surface area contributed by atoms with E-state index in [1.165, 1.54) is 12.7 Å². The average Bonchev–Trinajstić information content (AvgIpc) is 2.80. The fraction of sp³-hybridized carbons (Fsp3) is 0.812. The molecule has 0 aromatic rings. The second-order valence-corrected chi connectivity index (χ2v) is 14.9. The molecule has 0 spiro atoms. The van der Waals surface area contributed by atoms with E-state index < -0.39 is 5.41 Å². The van der Waals surface area contributed by atoms with Crippen LogP contribution in [0.2, 0.25) is 0 Å². The Bertz CT molecular complexity index is 1020. The number of hydrogen-bond donors (Lipinski definition) is 0.